The number of hydrogen-bond acceptors (Lipinski definition) is 2. The van der Waals surface area contributed by atoms with E-state index in [1.54, 1.807) is 0 Å². The number of fused-ring (bicyclic) bond motifs is 3. The van der Waals surface area contributed by atoms with Crippen LogP contribution in [0.5, 0.6) is 0 Å². The van der Waals surface area contributed by atoms with Crippen LogP contribution in [0, 0.1) is 0 Å². The van der Waals surface area contributed by atoms with Crippen LogP contribution in [0.25, 0.3) is 11.1 Å². The molecule has 4 rings (SSSR count). The van der Waals surface area contributed by atoms with Crippen molar-refractivity contribution in [2.75, 3.05) is 0 Å². The third-order valence-corrected chi connectivity index (χ3v) is 9.85. The van der Waals surface area contributed by atoms with Crippen molar-refractivity contribution in [1.82, 2.24) is 0 Å². The molecule has 1 heterocycles. The number of hydrogen-bond donors (Lipinski definition) is 0. The molecule has 0 aromatic heterocycles. The quantitative estimate of drug-likeness (QED) is 0.171. The number of rotatable bonds is 15. The molecule has 1 aliphatic carbocycles. The Morgan fingerprint density at radius 2 is 1.08 bits per heavy atom. The second-order valence-electron chi connectivity index (χ2n) is 13.3. The first kappa shape index (κ1) is 30.4. The zero-order chi connectivity index (χ0) is 28.1. The van der Waals surface area contributed by atoms with Gasteiger partial charge in [0.1, 0.15) is 7.85 Å². The van der Waals surface area contributed by atoms with Crippen LogP contribution < -0.4 is 10.9 Å². The minimum absolute atomic E-state index is 0.00914. The van der Waals surface area contributed by atoms with Gasteiger partial charge in [-0.2, -0.15) is 0 Å². The van der Waals surface area contributed by atoms with Gasteiger partial charge in [-0.25, -0.2) is 0 Å². The SMILES string of the molecule is [B]c1ccc2c(c1)C(CCCCCCCC)(CCCCCCCC)c1cc(B3OC(C)(C)C(C)(C)O3)ccc1-2. The normalized spacial score (nSPS) is 18.4. The van der Waals surface area contributed by atoms with Gasteiger partial charge in [0.25, 0.3) is 0 Å². The smallest absolute Gasteiger partial charge is 0.399 e. The van der Waals surface area contributed by atoms with Crippen molar-refractivity contribution in [2.24, 2.45) is 0 Å². The van der Waals surface area contributed by atoms with Crippen LogP contribution >= 0.6 is 0 Å². The maximum Gasteiger partial charge on any atom is 0.494 e. The largest absolute Gasteiger partial charge is 0.494 e. The van der Waals surface area contributed by atoms with E-state index in [1.807, 2.05) is 0 Å². The lowest BCUT2D eigenvalue weighted by Crippen LogP contribution is -2.41. The average molecular weight is 526 g/mol. The minimum atomic E-state index is -0.345. The maximum absolute atomic E-state index is 6.50. The highest BCUT2D eigenvalue weighted by atomic mass is 16.7. The van der Waals surface area contributed by atoms with Gasteiger partial charge in [0, 0.05) is 5.41 Å². The molecular weight excluding hydrogens is 474 g/mol. The molecule has 1 aliphatic heterocycles. The highest BCUT2D eigenvalue weighted by Crippen LogP contribution is 2.54. The summed E-state index contributed by atoms with van der Waals surface area (Å²) in [5, 5.41) is 0. The molecule has 0 amide bonds. The van der Waals surface area contributed by atoms with Crippen LogP contribution in [0.15, 0.2) is 36.4 Å². The molecule has 4 heteroatoms. The molecule has 0 N–H and O–H groups in total. The van der Waals surface area contributed by atoms with Gasteiger partial charge < -0.3 is 9.31 Å². The van der Waals surface area contributed by atoms with E-state index in [4.69, 9.17) is 17.2 Å². The van der Waals surface area contributed by atoms with Crippen LogP contribution in [0.4, 0.5) is 0 Å². The Hall–Kier alpha value is -1.51. The van der Waals surface area contributed by atoms with Crippen LogP contribution in [-0.4, -0.2) is 26.2 Å². The molecule has 2 aromatic rings. The fourth-order valence-corrected chi connectivity index (χ4v) is 6.73. The van der Waals surface area contributed by atoms with Crippen LogP contribution in [-0.2, 0) is 14.7 Å². The van der Waals surface area contributed by atoms with E-state index in [0.29, 0.717) is 0 Å². The van der Waals surface area contributed by atoms with Crippen molar-refractivity contribution < 1.29 is 9.31 Å². The minimum Gasteiger partial charge on any atom is -0.399 e. The first-order chi connectivity index (χ1) is 18.6. The first-order valence-corrected chi connectivity index (χ1v) is 16.1. The molecule has 1 saturated heterocycles. The molecule has 2 radical (unpaired) electrons. The highest BCUT2D eigenvalue weighted by Gasteiger charge is 2.52. The van der Waals surface area contributed by atoms with E-state index in [0.717, 1.165) is 10.9 Å². The second kappa shape index (κ2) is 13.0. The summed E-state index contributed by atoms with van der Waals surface area (Å²) >= 11 is 0. The van der Waals surface area contributed by atoms with Gasteiger partial charge in [0.05, 0.1) is 11.2 Å². The summed E-state index contributed by atoms with van der Waals surface area (Å²) in [6.45, 7) is 13.1. The molecule has 0 atom stereocenters. The Labute approximate surface area is 241 Å². The molecule has 0 bridgehead atoms. The van der Waals surface area contributed by atoms with Crippen molar-refractivity contribution in [3.05, 3.63) is 47.5 Å². The van der Waals surface area contributed by atoms with Gasteiger partial charge in [-0.3, -0.25) is 0 Å². The third-order valence-electron chi connectivity index (χ3n) is 9.85. The summed E-state index contributed by atoms with van der Waals surface area (Å²) in [5.41, 5.74) is 7.01. The van der Waals surface area contributed by atoms with E-state index in [1.165, 1.54) is 112 Å². The van der Waals surface area contributed by atoms with Crippen molar-refractivity contribution in [1.29, 1.82) is 0 Å². The van der Waals surface area contributed by atoms with Gasteiger partial charge in [0.2, 0.25) is 0 Å². The maximum atomic E-state index is 6.50. The van der Waals surface area contributed by atoms with E-state index < -0.39 is 0 Å². The topological polar surface area (TPSA) is 18.5 Å². The summed E-state index contributed by atoms with van der Waals surface area (Å²) < 4.78 is 13.0. The van der Waals surface area contributed by atoms with Crippen LogP contribution in [0.1, 0.15) is 143 Å². The lowest BCUT2D eigenvalue weighted by atomic mass is 9.68. The molecule has 210 valence electrons. The Kier molecular flexibility index (Phi) is 10.1. The number of unbranched alkanes of at least 4 members (excludes halogenated alkanes) is 10. The highest BCUT2D eigenvalue weighted by molar-refractivity contribution is 6.62. The van der Waals surface area contributed by atoms with E-state index in [9.17, 15) is 0 Å². The van der Waals surface area contributed by atoms with Crippen LogP contribution in [0.2, 0.25) is 0 Å². The molecular formula is C35H52B2O2. The first-order valence-electron chi connectivity index (χ1n) is 16.1. The van der Waals surface area contributed by atoms with Crippen molar-refractivity contribution in [3.63, 3.8) is 0 Å². The average Bonchev–Trinajstić information content (AvgIpc) is 3.29. The fraction of sp³-hybridized carbons (Fsp3) is 0.657. The van der Waals surface area contributed by atoms with Gasteiger partial charge in [-0.15, -0.1) is 0 Å². The Bertz CT molecular complexity index is 1060. The molecule has 0 unspecified atom stereocenters. The van der Waals surface area contributed by atoms with Gasteiger partial charge >= 0.3 is 7.12 Å². The zero-order valence-corrected chi connectivity index (χ0v) is 25.8. The lowest BCUT2D eigenvalue weighted by molar-refractivity contribution is 0.00578. The standard InChI is InChI=1S/C35H52B2O2/c1-7-9-11-13-15-17-23-35(24-18-16-14-12-10-8-2)31-25-27(36)19-21-29(31)30-22-20-28(26-32(30)35)37-38-33(3,4)34(5,6)39-37/h19-22,25-26H,7-18,23-24H2,1-6H3. The van der Waals surface area contributed by atoms with Gasteiger partial charge in [0.15, 0.2) is 0 Å². The Balaban J connectivity index is 1.68. The van der Waals surface area contributed by atoms with Gasteiger partial charge in [-0.1, -0.05) is 133 Å². The van der Waals surface area contributed by atoms with Crippen molar-refractivity contribution in [2.45, 2.75) is 148 Å². The number of benzene rings is 2. The summed E-state index contributed by atoms with van der Waals surface area (Å²) in [7, 11) is 6.12. The van der Waals surface area contributed by atoms with Crippen molar-refractivity contribution >= 4 is 25.9 Å². The van der Waals surface area contributed by atoms with E-state index in [-0.39, 0.29) is 23.7 Å². The van der Waals surface area contributed by atoms with E-state index in [2.05, 4.69) is 77.9 Å². The predicted octanol–water partition coefficient (Wildman–Crippen LogP) is 8.55. The van der Waals surface area contributed by atoms with Gasteiger partial charge in [-0.05, 0) is 68.3 Å². The summed E-state index contributed by atoms with van der Waals surface area (Å²) in [4.78, 5) is 0. The van der Waals surface area contributed by atoms with Crippen LogP contribution in [0.3, 0.4) is 0 Å². The van der Waals surface area contributed by atoms with Crippen molar-refractivity contribution in [3.8, 4) is 11.1 Å². The fourth-order valence-electron chi connectivity index (χ4n) is 6.73. The lowest BCUT2D eigenvalue weighted by Gasteiger charge is -2.33. The molecule has 2 aliphatic rings. The molecule has 39 heavy (non-hydrogen) atoms. The predicted molar refractivity (Wildman–Crippen MR) is 170 cm³/mol. The van der Waals surface area contributed by atoms with E-state index >= 15 is 0 Å². The Morgan fingerprint density at radius 3 is 1.62 bits per heavy atom. The summed E-state index contributed by atoms with van der Waals surface area (Å²) in [6.07, 6.45) is 18.2. The molecule has 2 aromatic carbocycles. The zero-order valence-electron chi connectivity index (χ0n) is 25.8. The monoisotopic (exact) mass is 526 g/mol. The molecule has 0 saturated carbocycles. The second-order valence-corrected chi connectivity index (χ2v) is 13.3. The summed E-state index contributed by atoms with van der Waals surface area (Å²) in [6, 6.07) is 13.6. The Morgan fingerprint density at radius 1 is 0.615 bits per heavy atom. The summed E-state index contributed by atoms with van der Waals surface area (Å²) in [5.74, 6) is 0. The molecule has 2 nitrogen and oxygen atoms in total. The third kappa shape index (κ3) is 6.54. The molecule has 0 spiro atoms. The molecule has 1 fully saturated rings.